The molecule has 0 saturated carbocycles. The van der Waals surface area contributed by atoms with Gasteiger partial charge in [0.05, 0.1) is 30.3 Å². The fourth-order valence-corrected chi connectivity index (χ4v) is 4.04. The van der Waals surface area contributed by atoms with Crippen LogP contribution in [-0.2, 0) is 20.0 Å². The molecular formula is C25H23N11. The van der Waals surface area contributed by atoms with Crippen LogP contribution in [0.3, 0.4) is 0 Å². The maximum atomic E-state index is 4.65. The molecule has 0 saturated heterocycles. The number of rotatable bonds is 7. The summed E-state index contributed by atoms with van der Waals surface area (Å²) < 4.78 is 5.61. The normalized spacial score (nSPS) is 11.3. The largest absolute Gasteiger partial charge is 0.309 e. The molecule has 1 aromatic carbocycles. The van der Waals surface area contributed by atoms with E-state index in [0.717, 1.165) is 39.8 Å². The number of fused-ring (bicyclic) bond motifs is 1. The molecule has 0 unspecified atom stereocenters. The maximum absolute atomic E-state index is 4.65. The zero-order valence-corrected chi connectivity index (χ0v) is 19.8. The second-order valence-corrected chi connectivity index (χ2v) is 8.45. The Bertz CT molecular complexity index is 1640. The molecule has 0 spiro atoms. The van der Waals surface area contributed by atoms with E-state index in [0.29, 0.717) is 18.9 Å². The molecular weight excluding hydrogens is 454 g/mol. The quantitative estimate of drug-likeness (QED) is 0.372. The number of hydrogen-bond donors (Lipinski definition) is 1. The molecule has 36 heavy (non-hydrogen) atoms. The summed E-state index contributed by atoms with van der Waals surface area (Å²) in [5.41, 5.74) is 5.74. The van der Waals surface area contributed by atoms with Gasteiger partial charge in [-0.3, -0.25) is 9.08 Å². The van der Waals surface area contributed by atoms with Gasteiger partial charge in [0.2, 0.25) is 5.95 Å². The van der Waals surface area contributed by atoms with E-state index < -0.39 is 0 Å². The van der Waals surface area contributed by atoms with Gasteiger partial charge in [0, 0.05) is 43.1 Å². The third-order valence-corrected chi connectivity index (χ3v) is 6.00. The van der Waals surface area contributed by atoms with Crippen molar-refractivity contribution in [1.82, 2.24) is 49.3 Å². The lowest BCUT2D eigenvalue weighted by molar-refractivity contribution is 0.580. The van der Waals surface area contributed by atoms with E-state index in [1.807, 2.05) is 46.6 Å². The van der Waals surface area contributed by atoms with Crippen LogP contribution in [0.2, 0.25) is 0 Å². The summed E-state index contributed by atoms with van der Waals surface area (Å²) in [4.78, 5) is 8.97. The molecule has 11 heteroatoms. The van der Waals surface area contributed by atoms with E-state index in [1.165, 1.54) is 5.56 Å². The molecule has 5 heterocycles. The summed E-state index contributed by atoms with van der Waals surface area (Å²) in [7, 11) is 1.86. The van der Waals surface area contributed by atoms with Crippen molar-refractivity contribution in [3.63, 3.8) is 0 Å². The van der Waals surface area contributed by atoms with Crippen molar-refractivity contribution in [3.05, 3.63) is 84.7 Å². The van der Waals surface area contributed by atoms with Crippen molar-refractivity contribution in [1.29, 1.82) is 0 Å². The predicted octanol–water partition coefficient (Wildman–Crippen LogP) is 3.47. The molecule has 0 aliphatic heterocycles. The lowest BCUT2D eigenvalue weighted by atomic mass is 10.1. The third-order valence-electron chi connectivity index (χ3n) is 6.00. The minimum absolute atomic E-state index is 0.496. The van der Waals surface area contributed by atoms with Gasteiger partial charge in [0.1, 0.15) is 11.6 Å². The lowest BCUT2D eigenvalue weighted by Crippen LogP contribution is -2.07. The Morgan fingerprint density at radius 3 is 2.67 bits per heavy atom. The average molecular weight is 478 g/mol. The number of nitrogens with zero attached hydrogens (tertiary/aromatic N) is 10. The summed E-state index contributed by atoms with van der Waals surface area (Å²) in [6, 6.07) is 16.1. The fraction of sp³-hybridized carbons (Fsp3) is 0.160. The predicted molar refractivity (Wildman–Crippen MR) is 134 cm³/mol. The Hall–Kier alpha value is -4.93. The Labute approximate surface area is 206 Å². The highest BCUT2D eigenvalue weighted by atomic mass is 15.4. The van der Waals surface area contributed by atoms with Crippen LogP contribution in [0.25, 0.3) is 28.2 Å². The van der Waals surface area contributed by atoms with Crippen molar-refractivity contribution in [2.45, 2.75) is 19.9 Å². The van der Waals surface area contributed by atoms with Gasteiger partial charge in [-0.2, -0.15) is 5.10 Å². The monoisotopic (exact) mass is 477 g/mol. The topological polar surface area (TPSA) is 117 Å². The zero-order chi connectivity index (χ0) is 24.5. The molecule has 0 fully saturated rings. The maximum Gasteiger partial charge on any atom is 0.228 e. The second-order valence-electron chi connectivity index (χ2n) is 8.45. The van der Waals surface area contributed by atoms with E-state index in [2.05, 4.69) is 72.1 Å². The molecule has 1 N–H and O–H groups in total. The van der Waals surface area contributed by atoms with Crippen LogP contribution in [0, 0.1) is 6.92 Å². The highest BCUT2D eigenvalue weighted by Gasteiger charge is 2.12. The van der Waals surface area contributed by atoms with E-state index in [4.69, 9.17) is 0 Å². The van der Waals surface area contributed by atoms with Gasteiger partial charge in [0.15, 0.2) is 5.65 Å². The molecule has 0 aliphatic carbocycles. The van der Waals surface area contributed by atoms with Crippen molar-refractivity contribution in [2.24, 2.45) is 7.05 Å². The molecule has 5 aromatic heterocycles. The first-order chi connectivity index (χ1) is 17.6. The number of aryl methyl sites for hydroxylation is 4. The molecule has 6 rings (SSSR count). The van der Waals surface area contributed by atoms with E-state index in [-0.39, 0.29) is 0 Å². The SMILES string of the molecule is Cc1ccc(-c2cnnn2CCc2nnc3cc(-c4ccnc(Nc5ccnn5C)n4)ccn23)cc1. The molecule has 0 atom stereocenters. The van der Waals surface area contributed by atoms with Crippen LogP contribution in [-0.4, -0.2) is 49.3 Å². The van der Waals surface area contributed by atoms with Gasteiger partial charge in [-0.05, 0) is 25.1 Å². The first kappa shape index (κ1) is 21.6. The lowest BCUT2D eigenvalue weighted by Gasteiger charge is -2.08. The van der Waals surface area contributed by atoms with E-state index in [9.17, 15) is 0 Å². The second kappa shape index (κ2) is 9.02. The van der Waals surface area contributed by atoms with Crippen LogP contribution in [0.1, 0.15) is 11.4 Å². The van der Waals surface area contributed by atoms with Crippen molar-refractivity contribution < 1.29 is 0 Å². The van der Waals surface area contributed by atoms with Gasteiger partial charge in [-0.25, -0.2) is 14.6 Å². The molecule has 0 radical (unpaired) electrons. The smallest absolute Gasteiger partial charge is 0.228 e. The van der Waals surface area contributed by atoms with Gasteiger partial charge in [0.25, 0.3) is 0 Å². The number of anilines is 2. The first-order valence-corrected chi connectivity index (χ1v) is 11.5. The average Bonchev–Trinajstić information content (AvgIpc) is 3.63. The van der Waals surface area contributed by atoms with Crippen molar-refractivity contribution in [2.75, 3.05) is 5.32 Å². The standard InChI is InChI=1S/C25H23N11/c1-17-3-5-18(6-4-17)21-16-27-33-36(21)14-10-23-31-32-24-15-19(9-13-35(23)24)20-7-11-26-25(29-20)30-22-8-12-28-34(22)2/h3-9,11-13,15-16H,10,14H2,1-2H3,(H,26,29,30). The van der Waals surface area contributed by atoms with Crippen LogP contribution in [0.15, 0.2) is 73.3 Å². The molecule has 0 bridgehead atoms. The molecule has 0 amide bonds. The molecule has 0 aliphatic rings. The van der Waals surface area contributed by atoms with Crippen LogP contribution >= 0.6 is 0 Å². The van der Waals surface area contributed by atoms with Crippen molar-refractivity contribution >= 4 is 17.4 Å². The Morgan fingerprint density at radius 1 is 0.944 bits per heavy atom. The van der Waals surface area contributed by atoms with Crippen molar-refractivity contribution in [3.8, 4) is 22.5 Å². The Balaban J connectivity index is 1.21. The number of aromatic nitrogens is 10. The minimum atomic E-state index is 0.496. The molecule has 6 aromatic rings. The van der Waals surface area contributed by atoms with Crippen LogP contribution in [0.5, 0.6) is 0 Å². The van der Waals surface area contributed by atoms with Crippen LogP contribution < -0.4 is 5.32 Å². The highest BCUT2D eigenvalue weighted by molar-refractivity contribution is 5.65. The summed E-state index contributed by atoms with van der Waals surface area (Å²) in [6.45, 7) is 2.71. The number of hydrogen-bond acceptors (Lipinski definition) is 8. The van der Waals surface area contributed by atoms with E-state index >= 15 is 0 Å². The van der Waals surface area contributed by atoms with E-state index in [1.54, 1.807) is 23.3 Å². The number of benzene rings is 1. The molecule has 178 valence electrons. The zero-order valence-electron chi connectivity index (χ0n) is 19.8. The third kappa shape index (κ3) is 4.17. The Morgan fingerprint density at radius 2 is 1.83 bits per heavy atom. The summed E-state index contributed by atoms with van der Waals surface area (Å²) in [6.07, 6.45) is 7.87. The van der Waals surface area contributed by atoms with Gasteiger partial charge in [-0.1, -0.05) is 35.0 Å². The van der Waals surface area contributed by atoms with Gasteiger partial charge < -0.3 is 5.32 Å². The Kier molecular flexibility index (Phi) is 5.41. The summed E-state index contributed by atoms with van der Waals surface area (Å²) in [5.74, 6) is 2.15. The highest BCUT2D eigenvalue weighted by Crippen LogP contribution is 2.22. The molecule has 11 nitrogen and oxygen atoms in total. The fourth-order valence-electron chi connectivity index (χ4n) is 4.04. The minimum Gasteiger partial charge on any atom is -0.309 e. The summed E-state index contributed by atoms with van der Waals surface area (Å²) in [5, 5.41) is 24.5. The first-order valence-electron chi connectivity index (χ1n) is 11.5. The van der Waals surface area contributed by atoms with Gasteiger partial charge in [-0.15, -0.1) is 15.3 Å². The number of pyridine rings is 1. The summed E-state index contributed by atoms with van der Waals surface area (Å²) >= 11 is 0. The number of nitrogens with one attached hydrogen (secondary N) is 1. The van der Waals surface area contributed by atoms with Crippen LogP contribution in [0.4, 0.5) is 11.8 Å². The van der Waals surface area contributed by atoms with Gasteiger partial charge >= 0.3 is 0 Å².